The molecule has 0 saturated heterocycles. The molecule has 0 atom stereocenters. The lowest BCUT2D eigenvalue weighted by Crippen LogP contribution is -2.09. The van der Waals surface area contributed by atoms with Gasteiger partial charge in [0.2, 0.25) is 0 Å². The molecule has 1 rings (SSSR count). The van der Waals surface area contributed by atoms with E-state index in [0.717, 1.165) is 6.42 Å². The standard InChI is InChI=1S/C14H17FO3/c1-3-8-18-14(17)7-6-13(16)11-4-5-12(15)10(2)9-11/h4-5,9H,3,6-8H2,1-2H3. The van der Waals surface area contributed by atoms with Gasteiger partial charge in [0, 0.05) is 12.0 Å². The van der Waals surface area contributed by atoms with Crippen LogP contribution in [0.1, 0.15) is 42.1 Å². The average molecular weight is 252 g/mol. The monoisotopic (exact) mass is 252 g/mol. The van der Waals surface area contributed by atoms with Gasteiger partial charge in [0.15, 0.2) is 5.78 Å². The van der Waals surface area contributed by atoms with Crippen LogP contribution < -0.4 is 0 Å². The molecule has 0 amide bonds. The maximum atomic E-state index is 13.0. The van der Waals surface area contributed by atoms with E-state index in [1.807, 2.05) is 6.92 Å². The molecule has 0 unspecified atom stereocenters. The van der Waals surface area contributed by atoms with E-state index >= 15 is 0 Å². The van der Waals surface area contributed by atoms with Crippen LogP contribution in [0.15, 0.2) is 18.2 Å². The summed E-state index contributed by atoms with van der Waals surface area (Å²) in [5, 5.41) is 0. The van der Waals surface area contributed by atoms with Gasteiger partial charge in [-0.2, -0.15) is 0 Å². The number of carbonyl (C=O) groups is 2. The zero-order valence-corrected chi connectivity index (χ0v) is 10.7. The van der Waals surface area contributed by atoms with Crippen molar-refractivity contribution in [1.82, 2.24) is 0 Å². The van der Waals surface area contributed by atoms with Gasteiger partial charge in [0.25, 0.3) is 0 Å². The molecule has 0 N–H and O–H groups in total. The van der Waals surface area contributed by atoms with Crippen LogP contribution >= 0.6 is 0 Å². The van der Waals surface area contributed by atoms with Crippen molar-refractivity contribution in [3.63, 3.8) is 0 Å². The number of hydrogen-bond acceptors (Lipinski definition) is 3. The van der Waals surface area contributed by atoms with Crippen LogP contribution in [0, 0.1) is 12.7 Å². The Morgan fingerprint density at radius 1 is 1.28 bits per heavy atom. The molecular formula is C14H17FO3. The van der Waals surface area contributed by atoms with Gasteiger partial charge in [-0.1, -0.05) is 6.92 Å². The minimum Gasteiger partial charge on any atom is -0.466 e. The van der Waals surface area contributed by atoms with Crippen LogP contribution in [0.4, 0.5) is 4.39 Å². The van der Waals surface area contributed by atoms with E-state index in [1.54, 1.807) is 6.92 Å². The van der Waals surface area contributed by atoms with Crippen LogP contribution in [-0.2, 0) is 9.53 Å². The number of halogens is 1. The SMILES string of the molecule is CCCOC(=O)CCC(=O)c1ccc(F)c(C)c1. The molecule has 0 bridgehead atoms. The quantitative estimate of drug-likeness (QED) is 0.577. The van der Waals surface area contributed by atoms with Crippen molar-refractivity contribution >= 4 is 11.8 Å². The number of esters is 1. The van der Waals surface area contributed by atoms with Crippen LogP contribution in [0.25, 0.3) is 0 Å². The molecule has 4 heteroatoms. The highest BCUT2D eigenvalue weighted by Crippen LogP contribution is 2.12. The van der Waals surface area contributed by atoms with Crippen LogP contribution in [0.5, 0.6) is 0 Å². The molecular weight excluding hydrogens is 235 g/mol. The van der Waals surface area contributed by atoms with Gasteiger partial charge >= 0.3 is 5.97 Å². The number of rotatable bonds is 6. The summed E-state index contributed by atoms with van der Waals surface area (Å²) in [7, 11) is 0. The third kappa shape index (κ3) is 4.28. The Hall–Kier alpha value is -1.71. The predicted molar refractivity (Wildman–Crippen MR) is 66.0 cm³/mol. The second kappa shape index (κ2) is 6.89. The lowest BCUT2D eigenvalue weighted by Gasteiger charge is -2.04. The number of aryl methyl sites for hydroxylation is 1. The Bertz CT molecular complexity index is 441. The fourth-order valence-electron chi connectivity index (χ4n) is 1.47. The van der Waals surface area contributed by atoms with Crippen molar-refractivity contribution in [2.24, 2.45) is 0 Å². The van der Waals surface area contributed by atoms with E-state index in [-0.39, 0.29) is 30.4 Å². The van der Waals surface area contributed by atoms with Gasteiger partial charge in [-0.3, -0.25) is 9.59 Å². The predicted octanol–water partition coefficient (Wildman–Crippen LogP) is 3.05. The summed E-state index contributed by atoms with van der Waals surface area (Å²) in [6, 6.07) is 4.19. The Labute approximate surface area is 106 Å². The van der Waals surface area contributed by atoms with Crippen molar-refractivity contribution in [2.75, 3.05) is 6.61 Å². The molecule has 0 aromatic heterocycles. The van der Waals surface area contributed by atoms with E-state index in [2.05, 4.69) is 0 Å². The first kappa shape index (κ1) is 14.4. The average Bonchev–Trinajstić information content (AvgIpc) is 2.36. The normalized spacial score (nSPS) is 10.2. The summed E-state index contributed by atoms with van der Waals surface area (Å²) in [5.41, 5.74) is 0.853. The molecule has 0 radical (unpaired) electrons. The fraction of sp³-hybridized carbons (Fsp3) is 0.429. The Kier molecular flexibility index (Phi) is 5.49. The number of carbonyl (C=O) groups excluding carboxylic acids is 2. The van der Waals surface area contributed by atoms with Gasteiger partial charge in [-0.25, -0.2) is 4.39 Å². The molecule has 0 spiro atoms. The number of ketones is 1. The third-order valence-electron chi connectivity index (χ3n) is 2.50. The van der Waals surface area contributed by atoms with Crippen molar-refractivity contribution in [1.29, 1.82) is 0 Å². The maximum Gasteiger partial charge on any atom is 0.306 e. The Morgan fingerprint density at radius 3 is 2.61 bits per heavy atom. The molecule has 1 aromatic rings. The largest absolute Gasteiger partial charge is 0.466 e. The molecule has 3 nitrogen and oxygen atoms in total. The number of benzene rings is 1. The first-order chi connectivity index (χ1) is 8.54. The van der Waals surface area contributed by atoms with E-state index in [1.165, 1.54) is 18.2 Å². The lowest BCUT2D eigenvalue weighted by atomic mass is 10.0. The first-order valence-corrected chi connectivity index (χ1v) is 5.99. The zero-order valence-electron chi connectivity index (χ0n) is 10.7. The van der Waals surface area contributed by atoms with Gasteiger partial charge in [0.1, 0.15) is 5.82 Å². The summed E-state index contributed by atoms with van der Waals surface area (Å²) in [5.74, 6) is -0.885. The third-order valence-corrected chi connectivity index (χ3v) is 2.50. The highest BCUT2D eigenvalue weighted by molar-refractivity contribution is 5.97. The van der Waals surface area contributed by atoms with Crippen molar-refractivity contribution in [3.8, 4) is 0 Å². The summed E-state index contributed by atoms with van der Waals surface area (Å²) in [6.07, 6.45) is 0.916. The topological polar surface area (TPSA) is 43.4 Å². The molecule has 0 aliphatic heterocycles. The van der Waals surface area contributed by atoms with Crippen LogP contribution in [0.3, 0.4) is 0 Å². The van der Waals surface area contributed by atoms with E-state index < -0.39 is 0 Å². The fourth-order valence-corrected chi connectivity index (χ4v) is 1.47. The van der Waals surface area contributed by atoms with Crippen molar-refractivity contribution in [3.05, 3.63) is 35.1 Å². The van der Waals surface area contributed by atoms with Crippen molar-refractivity contribution < 1.29 is 18.7 Å². The van der Waals surface area contributed by atoms with Crippen LogP contribution in [0.2, 0.25) is 0 Å². The number of ether oxygens (including phenoxy) is 1. The highest BCUT2D eigenvalue weighted by Gasteiger charge is 2.11. The summed E-state index contributed by atoms with van der Waals surface area (Å²) >= 11 is 0. The molecule has 0 fully saturated rings. The smallest absolute Gasteiger partial charge is 0.306 e. The van der Waals surface area contributed by atoms with Gasteiger partial charge in [-0.15, -0.1) is 0 Å². The summed E-state index contributed by atoms with van der Waals surface area (Å²) < 4.78 is 17.9. The zero-order chi connectivity index (χ0) is 13.5. The summed E-state index contributed by atoms with van der Waals surface area (Å²) in [4.78, 5) is 23.0. The second-order valence-corrected chi connectivity index (χ2v) is 4.11. The lowest BCUT2D eigenvalue weighted by molar-refractivity contribution is -0.143. The molecule has 98 valence electrons. The summed E-state index contributed by atoms with van der Waals surface area (Å²) in [6.45, 7) is 3.88. The van der Waals surface area contributed by atoms with Gasteiger partial charge in [-0.05, 0) is 37.1 Å². The molecule has 0 heterocycles. The Balaban J connectivity index is 2.50. The van der Waals surface area contributed by atoms with Gasteiger partial charge in [0.05, 0.1) is 13.0 Å². The number of hydrogen-bond donors (Lipinski definition) is 0. The van der Waals surface area contributed by atoms with E-state index in [0.29, 0.717) is 17.7 Å². The highest BCUT2D eigenvalue weighted by atomic mass is 19.1. The minimum absolute atomic E-state index is 0.0647. The van der Waals surface area contributed by atoms with E-state index in [4.69, 9.17) is 4.74 Å². The van der Waals surface area contributed by atoms with Gasteiger partial charge < -0.3 is 4.74 Å². The maximum absolute atomic E-state index is 13.0. The molecule has 0 saturated carbocycles. The molecule has 0 aliphatic rings. The second-order valence-electron chi connectivity index (χ2n) is 4.11. The molecule has 18 heavy (non-hydrogen) atoms. The van der Waals surface area contributed by atoms with Crippen molar-refractivity contribution in [2.45, 2.75) is 33.1 Å². The minimum atomic E-state index is -0.371. The van der Waals surface area contributed by atoms with E-state index in [9.17, 15) is 14.0 Å². The molecule has 1 aromatic carbocycles. The Morgan fingerprint density at radius 2 is 2.00 bits per heavy atom. The van der Waals surface area contributed by atoms with Crippen LogP contribution in [-0.4, -0.2) is 18.4 Å². The molecule has 0 aliphatic carbocycles. The number of Topliss-reactive ketones (excluding diaryl/α,β-unsaturated/α-hetero) is 1. The first-order valence-electron chi connectivity index (χ1n) is 5.99.